The number of nitrogens with two attached hydrogens (primary N) is 1. The molecule has 0 fully saturated rings. The lowest BCUT2D eigenvalue weighted by Crippen LogP contribution is -2.15. The Morgan fingerprint density at radius 1 is 1.31 bits per heavy atom. The average Bonchev–Trinajstić information content (AvgIpc) is 2.13. The van der Waals surface area contributed by atoms with E-state index in [2.05, 4.69) is 15.9 Å². The molecule has 16 heavy (non-hydrogen) atoms. The van der Waals surface area contributed by atoms with E-state index >= 15 is 0 Å². The molecule has 1 aromatic rings. The lowest BCUT2D eigenvalue weighted by atomic mass is 10.0. The van der Waals surface area contributed by atoms with Crippen molar-refractivity contribution in [1.29, 1.82) is 0 Å². The van der Waals surface area contributed by atoms with Gasteiger partial charge in [0.1, 0.15) is 0 Å². The number of alkyl halides is 3. The lowest BCUT2D eigenvalue weighted by Gasteiger charge is -2.13. The first kappa shape index (κ1) is 15.7. The van der Waals surface area contributed by atoms with Gasteiger partial charge in [-0.25, -0.2) is 0 Å². The zero-order valence-corrected chi connectivity index (χ0v) is 10.7. The summed E-state index contributed by atoms with van der Waals surface area (Å²) in [5.74, 6) is 0. The van der Waals surface area contributed by atoms with E-state index in [0.717, 1.165) is 4.47 Å². The van der Waals surface area contributed by atoms with Crippen LogP contribution in [-0.4, -0.2) is 6.18 Å². The molecule has 0 amide bonds. The highest BCUT2D eigenvalue weighted by Crippen LogP contribution is 2.27. The highest BCUT2D eigenvalue weighted by molar-refractivity contribution is 9.10. The topological polar surface area (TPSA) is 26.0 Å². The summed E-state index contributed by atoms with van der Waals surface area (Å²) in [6, 6.07) is 6.46. The minimum atomic E-state index is -4.14. The second kappa shape index (κ2) is 6.47. The summed E-state index contributed by atoms with van der Waals surface area (Å²) in [7, 11) is 0. The monoisotopic (exact) mass is 317 g/mol. The van der Waals surface area contributed by atoms with E-state index < -0.39 is 18.6 Å². The zero-order chi connectivity index (χ0) is 11.5. The van der Waals surface area contributed by atoms with Gasteiger partial charge in [0.2, 0.25) is 0 Å². The summed E-state index contributed by atoms with van der Waals surface area (Å²) in [5, 5.41) is 0. The van der Waals surface area contributed by atoms with Crippen molar-refractivity contribution in [2.24, 2.45) is 5.73 Å². The summed E-state index contributed by atoms with van der Waals surface area (Å²) in [6.07, 6.45) is -5.07. The molecule has 0 bridgehead atoms. The third-order valence-corrected chi connectivity index (χ3v) is 2.51. The van der Waals surface area contributed by atoms with Crippen molar-refractivity contribution in [1.82, 2.24) is 0 Å². The molecule has 92 valence electrons. The van der Waals surface area contributed by atoms with Crippen LogP contribution >= 0.6 is 28.3 Å². The maximum absolute atomic E-state index is 11.9. The molecule has 1 atom stereocenters. The van der Waals surface area contributed by atoms with Crippen LogP contribution in [0.1, 0.15) is 24.4 Å². The Kier molecular flexibility index (Phi) is 6.36. The number of hydrogen-bond acceptors (Lipinski definition) is 1. The van der Waals surface area contributed by atoms with Crippen molar-refractivity contribution in [3.05, 3.63) is 34.3 Å². The van der Waals surface area contributed by atoms with Gasteiger partial charge in [0.25, 0.3) is 0 Å². The number of rotatable bonds is 3. The van der Waals surface area contributed by atoms with E-state index in [1.807, 2.05) is 0 Å². The Morgan fingerprint density at radius 3 is 2.44 bits per heavy atom. The summed E-state index contributed by atoms with van der Waals surface area (Å²) in [4.78, 5) is 0. The number of benzene rings is 1. The normalized spacial score (nSPS) is 13.1. The summed E-state index contributed by atoms with van der Waals surface area (Å²) in [5.41, 5.74) is 6.37. The molecule has 1 nitrogen and oxygen atoms in total. The van der Waals surface area contributed by atoms with Crippen LogP contribution in [0.25, 0.3) is 0 Å². The van der Waals surface area contributed by atoms with Gasteiger partial charge in [-0.1, -0.05) is 28.1 Å². The Hall–Kier alpha value is -0.260. The Morgan fingerprint density at radius 2 is 1.94 bits per heavy atom. The Labute approximate surface area is 107 Å². The van der Waals surface area contributed by atoms with Gasteiger partial charge < -0.3 is 5.73 Å². The van der Waals surface area contributed by atoms with Crippen LogP contribution in [0.2, 0.25) is 0 Å². The highest BCUT2D eigenvalue weighted by atomic mass is 79.9. The van der Waals surface area contributed by atoms with Crippen LogP contribution in [0.4, 0.5) is 13.2 Å². The van der Waals surface area contributed by atoms with E-state index in [-0.39, 0.29) is 18.8 Å². The van der Waals surface area contributed by atoms with Crippen LogP contribution < -0.4 is 5.73 Å². The van der Waals surface area contributed by atoms with Crippen LogP contribution in [0, 0.1) is 0 Å². The fourth-order valence-electron chi connectivity index (χ4n) is 1.22. The zero-order valence-electron chi connectivity index (χ0n) is 8.30. The predicted molar refractivity (Wildman–Crippen MR) is 63.6 cm³/mol. The van der Waals surface area contributed by atoms with Crippen molar-refractivity contribution in [3.8, 4) is 0 Å². The summed E-state index contributed by atoms with van der Waals surface area (Å²) in [6.45, 7) is 0. The SMILES string of the molecule is Cl.N[C@@H](CCC(F)(F)F)c1cccc(Br)c1. The molecule has 2 N–H and O–H groups in total. The number of halogens is 5. The largest absolute Gasteiger partial charge is 0.389 e. The van der Waals surface area contributed by atoms with Gasteiger partial charge in [-0.05, 0) is 24.1 Å². The molecule has 0 aliphatic heterocycles. The molecule has 0 aliphatic rings. The highest BCUT2D eigenvalue weighted by Gasteiger charge is 2.27. The van der Waals surface area contributed by atoms with Gasteiger partial charge >= 0.3 is 6.18 Å². The molecule has 0 spiro atoms. The number of hydrogen-bond donors (Lipinski definition) is 1. The van der Waals surface area contributed by atoms with Crippen LogP contribution in [-0.2, 0) is 0 Å². The predicted octanol–water partition coefficient (Wildman–Crippen LogP) is 4.21. The van der Waals surface area contributed by atoms with Gasteiger partial charge in [0, 0.05) is 16.9 Å². The molecule has 0 saturated carbocycles. The van der Waals surface area contributed by atoms with E-state index in [4.69, 9.17) is 5.73 Å². The first-order valence-corrected chi connectivity index (χ1v) is 5.25. The maximum Gasteiger partial charge on any atom is 0.389 e. The summed E-state index contributed by atoms with van der Waals surface area (Å²) < 4.78 is 36.7. The van der Waals surface area contributed by atoms with Gasteiger partial charge in [-0.3, -0.25) is 0 Å². The van der Waals surface area contributed by atoms with Crippen molar-refractivity contribution in [2.45, 2.75) is 25.1 Å². The van der Waals surface area contributed by atoms with Crippen molar-refractivity contribution in [3.63, 3.8) is 0 Å². The third-order valence-electron chi connectivity index (χ3n) is 2.02. The molecule has 0 radical (unpaired) electrons. The first-order valence-electron chi connectivity index (χ1n) is 4.46. The van der Waals surface area contributed by atoms with Crippen LogP contribution in [0.15, 0.2) is 28.7 Å². The van der Waals surface area contributed by atoms with Crippen LogP contribution in [0.5, 0.6) is 0 Å². The van der Waals surface area contributed by atoms with E-state index in [1.54, 1.807) is 24.3 Å². The molecule has 6 heteroatoms. The smallest absolute Gasteiger partial charge is 0.324 e. The molecule has 0 heterocycles. The van der Waals surface area contributed by atoms with Crippen molar-refractivity contribution >= 4 is 28.3 Å². The fourth-order valence-corrected chi connectivity index (χ4v) is 1.64. The van der Waals surface area contributed by atoms with Gasteiger partial charge in [0.15, 0.2) is 0 Å². The van der Waals surface area contributed by atoms with E-state index in [9.17, 15) is 13.2 Å². The van der Waals surface area contributed by atoms with Gasteiger partial charge in [-0.15, -0.1) is 12.4 Å². The molecular formula is C10H12BrClF3N. The molecule has 1 rings (SSSR count). The Bertz CT molecular complexity index is 330. The molecule has 0 aliphatic carbocycles. The quantitative estimate of drug-likeness (QED) is 0.887. The molecule has 0 unspecified atom stereocenters. The lowest BCUT2D eigenvalue weighted by molar-refractivity contribution is -0.136. The molecular weight excluding hydrogens is 306 g/mol. The van der Waals surface area contributed by atoms with Crippen molar-refractivity contribution < 1.29 is 13.2 Å². The average molecular weight is 319 g/mol. The molecule has 0 aromatic heterocycles. The molecule has 1 aromatic carbocycles. The fraction of sp³-hybridized carbons (Fsp3) is 0.400. The second-order valence-corrected chi connectivity index (χ2v) is 4.23. The van der Waals surface area contributed by atoms with Crippen LogP contribution in [0.3, 0.4) is 0 Å². The van der Waals surface area contributed by atoms with E-state index in [1.165, 1.54) is 0 Å². The Balaban J connectivity index is 0.00000225. The first-order chi connectivity index (χ1) is 6.88. The summed E-state index contributed by atoms with van der Waals surface area (Å²) >= 11 is 3.24. The van der Waals surface area contributed by atoms with Gasteiger partial charge in [-0.2, -0.15) is 13.2 Å². The third kappa shape index (κ3) is 5.72. The van der Waals surface area contributed by atoms with Gasteiger partial charge in [0.05, 0.1) is 0 Å². The minimum absolute atomic E-state index is 0. The van der Waals surface area contributed by atoms with Crippen molar-refractivity contribution in [2.75, 3.05) is 0 Å². The molecule has 0 saturated heterocycles. The second-order valence-electron chi connectivity index (χ2n) is 3.32. The standard InChI is InChI=1S/C10H11BrF3N.ClH/c11-8-3-1-2-7(6-8)9(15)4-5-10(12,13)14;/h1-3,6,9H,4-5,15H2;1H/t9-;/m0./s1. The maximum atomic E-state index is 11.9. The van der Waals surface area contributed by atoms with E-state index in [0.29, 0.717) is 5.56 Å². The minimum Gasteiger partial charge on any atom is -0.324 e.